The van der Waals surface area contributed by atoms with Crippen molar-refractivity contribution < 1.29 is 9.59 Å². The highest BCUT2D eigenvalue weighted by Gasteiger charge is 2.21. The molecule has 0 saturated heterocycles. The number of benzene rings is 2. The Balaban J connectivity index is 1.66. The molecule has 1 aliphatic rings. The summed E-state index contributed by atoms with van der Waals surface area (Å²) < 4.78 is 0. The molecule has 0 fully saturated rings. The summed E-state index contributed by atoms with van der Waals surface area (Å²) in [5, 5.41) is 2.89. The maximum Gasteiger partial charge on any atom is 0.254 e. The van der Waals surface area contributed by atoms with Crippen molar-refractivity contribution in [1.29, 1.82) is 0 Å². The second-order valence-corrected chi connectivity index (χ2v) is 6.93. The largest absolute Gasteiger partial charge is 0.352 e. The fourth-order valence-electron chi connectivity index (χ4n) is 3.01. The topological polar surface area (TPSA) is 49.4 Å². The minimum Gasteiger partial charge on any atom is -0.352 e. The van der Waals surface area contributed by atoms with Crippen LogP contribution in [0.2, 0.25) is 0 Å². The number of fused-ring (bicyclic) bond motifs is 1. The highest BCUT2D eigenvalue weighted by Crippen LogP contribution is 2.20. The van der Waals surface area contributed by atoms with Crippen LogP contribution in [0.5, 0.6) is 0 Å². The third-order valence-corrected chi connectivity index (χ3v) is 4.48. The average molecular weight is 336 g/mol. The molecule has 1 N–H and O–H groups in total. The predicted molar refractivity (Wildman–Crippen MR) is 98.5 cm³/mol. The number of nitrogens with zero attached hydrogens (tertiary/aromatic N) is 1. The second-order valence-electron chi connectivity index (χ2n) is 6.93. The summed E-state index contributed by atoms with van der Waals surface area (Å²) in [5.41, 5.74) is 3.75. The van der Waals surface area contributed by atoms with Gasteiger partial charge in [-0.2, -0.15) is 0 Å². The summed E-state index contributed by atoms with van der Waals surface area (Å²) >= 11 is 0. The molecule has 2 aromatic carbocycles. The van der Waals surface area contributed by atoms with Gasteiger partial charge in [0.25, 0.3) is 11.8 Å². The molecule has 3 rings (SSSR count). The van der Waals surface area contributed by atoms with Crippen molar-refractivity contribution in [3.05, 3.63) is 70.8 Å². The highest BCUT2D eigenvalue weighted by molar-refractivity contribution is 5.97. The van der Waals surface area contributed by atoms with Crippen LogP contribution in [0, 0.1) is 5.92 Å². The number of hydrogen-bond acceptors (Lipinski definition) is 2. The Hall–Kier alpha value is -2.62. The lowest BCUT2D eigenvalue weighted by Crippen LogP contribution is -2.36. The summed E-state index contributed by atoms with van der Waals surface area (Å²) in [7, 11) is 0. The van der Waals surface area contributed by atoms with E-state index in [1.165, 1.54) is 11.1 Å². The van der Waals surface area contributed by atoms with Crippen molar-refractivity contribution in [2.45, 2.75) is 26.8 Å². The molecule has 0 spiro atoms. The van der Waals surface area contributed by atoms with Crippen molar-refractivity contribution in [2.75, 3.05) is 13.1 Å². The highest BCUT2D eigenvalue weighted by atomic mass is 16.2. The van der Waals surface area contributed by atoms with Crippen LogP contribution >= 0.6 is 0 Å². The van der Waals surface area contributed by atoms with E-state index in [1.807, 2.05) is 17.0 Å². The zero-order valence-electron chi connectivity index (χ0n) is 14.8. The van der Waals surface area contributed by atoms with Gasteiger partial charge in [0, 0.05) is 30.8 Å². The Morgan fingerprint density at radius 1 is 1.00 bits per heavy atom. The predicted octanol–water partition coefficient (Wildman–Crippen LogP) is 3.27. The average Bonchev–Trinajstić information content (AvgIpc) is 2.65. The normalized spacial score (nSPS) is 13.5. The molecule has 130 valence electrons. The molecule has 0 atom stereocenters. The van der Waals surface area contributed by atoms with E-state index < -0.39 is 0 Å². The molecule has 0 bridgehead atoms. The van der Waals surface area contributed by atoms with Gasteiger partial charge >= 0.3 is 0 Å². The summed E-state index contributed by atoms with van der Waals surface area (Å²) in [6.45, 7) is 6.13. The van der Waals surface area contributed by atoms with Gasteiger partial charge < -0.3 is 10.2 Å². The van der Waals surface area contributed by atoms with Gasteiger partial charge in [-0.1, -0.05) is 38.1 Å². The Labute approximate surface area is 148 Å². The molecule has 25 heavy (non-hydrogen) atoms. The summed E-state index contributed by atoms with van der Waals surface area (Å²) in [5.74, 6) is 0.329. The number of amides is 2. The lowest BCUT2D eigenvalue weighted by Gasteiger charge is -2.29. The van der Waals surface area contributed by atoms with Crippen LogP contribution in [-0.4, -0.2) is 29.8 Å². The van der Waals surface area contributed by atoms with Crippen LogP contribution in [0.15, 0.2) is 48.5 Å². The van der Waals surface area contributed by atoms with E-state index in [0.29, 0.717) is 30.1 Å². The Kier molecular flexibility index (Phi) is 5.17. The van der Waals surface area contributed by atoms with Crippen LogP contribution in [0.3, 0.4) is 0 Å². The van der Waals surface area contributed by atoms with Crippen LogP contribution < -0.4 is 5.32 Å². The smallest absolute Gasteiger partial charge is 0.254 e. The maximum atomic E-state index is 12.7. The number of hydrogen-bond donors (Lipinski definition) is 1. The van der Waals surface area contributed by atoms with Gasteiger partial charge in [-0.15, -0.1) is 0 Å². The van der Waals surface area contributed by atoms with E-state index in [4.69, 9.17) is 0 Å². The van der Waals surface area contributed by atoms with Gasteiger partial charge in [0.2, 0.25) is 0 Å². The molecule has 1 heterocycles. The maximum absolute atomic E-state index is 12.7. The number of nitrogens with one attached hydrogen (secondary N) is 1. The molecule has 0 aliphatic carbocycles. The summed E-state index contributed by atoms with van der Waals surface area (Å²) in [6.07, 6.45) is 0.887. The number of carbonyl (C=O) groups excluding carboxylic acids is 2. The number of carbonyl (C=O) groups is 2. The molecule has 2 amide bonds. The van der Waals surface area contributed by atoms with Crippen molar-refractivity contribution in [2.24, 2.45) is 5.92 Å². The molecule has 4 heteroatoms. The molecule has 2 aromatic rings. The summed E-state index contributed by atoms with van der Waals surface area (Å²) in [4.78, 5) is 26.7. The fourth-order valence-corrected chi connectivity index (χ4v) is 3.01. The lowest BCUT2D eigenvalue weighted by molar-refractivity contribution is 0.0734. The molecular weight excluding hydrogens is 312 g/mol. The molecule has 1 aliphatic heterocycles. The first kappa shape index (κ1) is 17.2. The third kappa shape index (κ3) is 4.08. The standard InChI is InChI=1S/C21H24N2O2/c1-15(2)13-22-20(24)17-7-9-18(10-8-17)21(25)23-12-11-16-5-3-4-6-19(16)14-23/h3-10,15H,11-14H2,1-2H3,(H,22,24). The fraction of sp³-hybridized carbons (Fsp3) is 0.333. The Bertz CT molecular complexity index is 766. The van der Waals surface area contributed by atoms with E-state index in [-0.39, 0.29) is 11.8 Å². The van der Waals surface area contributed by atoms with Crippen molar-refractivity contribution in [1.82, 2.24) is 10.2 Å². The van der Waals surface area contributed by atoms with Gasteiger partial charge in [-0.25, -0.2) is 0 Å². The van der Waals surface area contributed by atoms with Crippen LogP contribution in [0.1, 0.15) is 45.7 Å². The van der Waals surface area contributed by atoms with Gasteiger partial charge in [0.15, 0.2) is 0 Å². The van der Waals surface area contributed by atoms with Crippen molar-refractivity contribution in [3.63, 3.8) is 0 Å². The zero-order chi connectivity index (χ0) is 17.8. The number of rotatable bonds is 4. The molecule has 0 saturated carbocycles. The van der Waals surface area contributed by atoms with Crippen LogP contribution in [0.4, 0.5) is 0 Å². The minimum atomic E-state index is -0.0976. The van der Waals surface area contributed by atoms with Crippen molar-refractivity contribution in [3.8, 4) is 0 Å². The first-order chi connectivity index (χ1) is 12.0. The van der Waals surface area contributed by atoms with Gasteiger partial charge in [-0.3, -0.25) is 9.59 Å². The van der Waals surface area contributed by atoms with Crippen LogP contribution in [0.25, 0.3) is 0 Å². The first-order valence-corrected chi connectivity index (χ1v) is 8.79. The van der Waals surface area contributed by atoms with Gasteiger partial charge in [0.1, 0.15) is 0 Å². The first-order valence-electron chi connectivity index (χ1n) is 8.79. The Morgan fingerprint density at radius 2 is 1.64 bits per heavy atom. The van der Waals surface area contributed by atoms with E-state index in [2.05, 4.69) is 31.3 Å². The van der Waals surface area contributed by atoms with E-state index in [0.717, 1.165) is 13.0 Å². The molecule has 0 aromatic heterocycles. The van der Waals surface area contributed by atoms with E-state index in [1.54, 1.807) is 24.3 Å². The quantitative estimate of drug-likeness (QED) is 0.931. The molecule has 0 unspecified atom stereocenters. The van der Waals surface area contributed by atoms with E-state index >= 15 is 0 Å². The Morgan fingerprint density at radius 3 is 2.32 bits per heavy atom. The van der Waals surface area contributed by atoms with Gasteiger partial charge in [0.05, 0.1) is 0 Å². The molecular formula is C21H24N2O2. The third-order valence-electron chi connectivity index (χ3n) is 4.48. The van der Waals surface area contributed by atoms with Crippen LogP contribution in [-0.2, 0) is 13.0 Å². The summed E-state index contributed by atoms with van der Waals surface area (Å²) in [6, 6.07) is 15.2. The SMILES string of the molecule is CC(C)CNC(=O)c1ccc(C(=O)N2CCc3ccccc3C2)cc1. The lowest BCUT2D eigenvalue weighted by atomic mass is 9.99. The second kappa shape index (κ2) is 7.51. The monoisotopic (exact) mass is 336 g/mol. The molecule has 0 radical (unpaired) electrons. The van der Waals surface area contributed by atoms with Crippen molar-refractivity contribution >= 4 is 11.8 Å². The zero-order valence-corrected chi connectivity index (χ0v) is 14.8. The van der Waals surface area contributed by atoms with E-state index in [9.17, 15) is 9.59 Å². The minimum absolute atomic E-state index is 0.0173. The van der Waals surface area contributed by atoms with Gasteiger partial charge in [-0.05, 0) is 47.7 Å². The molecule has 4 nitrogen and oxygen atoms in total.